The zero-order chi connectivity index (χ0) is 12.1. The summed E-state index contributed by atoms with van der Waals surface area (Å²) >= 11 is 5.87. The van der Waals surface area contributed by atoms with Gasteiger partial charge in [-0.3, -0.25) is 4.79 Å². The summed E-state index contributed by atoms with van der Waals surface area (Å²) < 4.78 is 13.4. The molecule has 0 aromatic heterocycles. The van der Waals surface area contributed by atoms with Crippen LogP contribution in [0.25, 0.3) is 0 Å². The summed E-state index contributed by atoms with van der Waals surface area (Å²) in [5.74, 6) is -2.10. The van der Waals surface area contributed by atoms with Crippen LogP contribution in [0.3, 0.4) is 0 Å². The van der Waals surface area contributed by atoms with Gasteiger partial charge in [0.2, 0.25) is 0 Å². The van der Waals surface area contributed by atoms with Gasteiger partial charge in [-0.2, -0.15) is 0 Å². The van der Waals surface area contributed by atoms with Crippen molar-refractivity contribution in [3.05, 3.63) is 35.9 Å². The van der Waals surface area contributed by atoms with Crippen LogP contribution in [-0.2, 0) is 4.79 Å². The zero-order valence-corrected chi connectivity index (χ0v) is 9.69. The molecule has 16 heavy (non-hydrogen) atoms. The first-order chi connectivity index (χ1) is 7.57. The van der Waals surface area contributed by atoms with Gasteiger partial charge in [0, 0.05) is 0 Å². The monoisotopic (exact) mass is 244 g/mol. The number of alkyl halides is 2. The SMILES string of the molecule is CCC(F)C(Cl)C(C(=O)O)c1ccccc1. The van der Waals surface area contributed by atoms with Gasteiger partial charge in [0.25, 0.3) is 0 Å². The van der Waals surface area contributed by atoms with E-state index < -0.39 is 23.4 Å². The highest BCUT2D eigenvalue weighted by molar-refractivity contribution is 6.23. The second kappa shape index (κ2) is 5.85. The molecule has 1 aromatic carbocycles. The summed E-state index contributed by atoms with van der Waals surface area (Å²) in [4.78, 5) is 11.1. The number of carboxylic acid groups (broad SMARTS) is 1. The van der Waals surface area contributed by atoms with E-state index in [2.05, 4.69) is 0 Å². The smallest absolute Gasteiger partial charge is 0.312 e. The number of benzene rings is 1. The molecule has 0 radical (unpaired) electrons. The lowest BCUT2D eigenvalue weighted by Gasteiger charge is -2.21. The molecule has 3 atom stereocenters. The van der Waals surface area contributed by atoms with Crippen LogP contribution in [-0.4, -0.2) is 22.6 Å². The first-order valence-electron chi connectivity index (χ1n) is 5.13. The van der Waals surface area contributed by atoms with Gasteiger partial charge in [-0.1, -0.05) is 37.3 Å². The van der Waals surface area contributed by atoms with Crippen LogP contribution in [0.15, 0.2) is 30.3 Å². The number of aliphatic carboxylic acids is 1. The Hall–Kier alpha value is -1.09. The summed E-state index contributed by atoms with van der Waals surface area (Å²) in [5.41, 5.74) is 0.533. The van der Waals surface area contributed by atoms with Gasteiger partial charge >= 0.3 is 5.97 Å². The third kappa shape index (κ3) is 2.95. The van der Waals surface area contributed by atoms with Gasteiger partial charge in [0.05, 0.1) is 5.38 Å². The Labute approximate surface area is 99.0 Å². The molecule has 0 aliphatic rings. The number of hydrogen-bond donors (Lipinski definition) is 1. The summed E-state index contributed by atoms with van der Waals surface area (Å²) in [6, 6.07) is 8.51. The average Bonchev–Trinajstić information content (AvgIpc) is 2.29. The van der Waals surface area contributed by atoms with Gasteiger partial charge in [-0.15, -0.1) is 11.6 Å². The molecule has 0 heterocycles. The molecule has 1 aromatic rings. The normalized spacial score (nSPS) is 16.4. The van der Waals surface area contributed by atoms with Crippen LogP contribution in [0, 0.1) is 0 Å². The van der Waals surface area contributed by atoms with Gasteiger partial charge < -0.3 is 5.11 Å². The lowest BCUT2D eigenvalue weighted by Crippen LogP contribution is -2.29. The molecule has 1 rings (SSSR count). The third-order valence-electron chi connectivity index (χ3n) is 2.48. The Balaban J connectivity index is 2.96. The quantitative estimate of drug-likeness (QED) is 0.808. The summed E-state index contributed by atoms with van der Waals surface area (Å²) in [6.45, 7) is 1.64. The van der Waals surface area contributed by atoms with E-state index in [0.29, 0.717) is 5.56 Å². The van der Waals surface area contributed by atoms with E-state index in [4.69, 9.17) is 16.7 Å². The Morgan fingerprint density at radius 3 is 2.44 bits per heavy atom. The van der Waals surface area contributed by atoms with E-state index in [1.807, 2.05) is 0 Å². The molecular weight excluding hydrogens is 231 g/mol. The topological polar surface area (TPSA) is 37.3 Å². The molecule has 0 fully saturated rings. The maximum Gasteiger partial charge on any atom is 0.312 e. The van der Waals surface area contributed by atoms with Crippen LogP contribution < -0.4 is 0 Å². The number of carbonyl (C=O) groups is 1. The van der Waals surface area contributed by atoms with Crippen molar-refractivity contribution in [3.63, 3.8) is 0 Å². The minimum Gasteiger partial charge on any atom is -0.481 e. The van der Waals surface area contributed by atoms with Crippen molar-refractivity contribution in [2.45, 2.75) is 30.8 Å². The molecule has 0 saturated carbocycles. The molecule has 0 amide bonds. The average molecular weight is 245 g/mol. The molecule has 1 N–H and O–H groups in total. The summed E-state index contributed by atoms with van der Waals surface area (Å²) in [6.07, 6.45) is -1.10. The van der Waals surface area contributed by atoms with Crippen molar-refractivity contribution in [3.8, 4) is 0 Å². The van der Waals surface area contributed by atoms with Crippen molar-refractivity contribution in [2.75, 3.05) is 0 Å². The lowest BCUT2D eigenvalue weighted by atomic mass is 9.92. The van der Waals surface area contributed by atoms with Crippen molar-refractivity contribution in [1.29, 1.82) is 0 Å². The second-order valence-electron chi connectivity index (χ2n) is 3.60. The van der Waals surface area contributed by atoms with E-state index in [1.54, 1.807) is 37.3 Å². The van der Waals surface area contributed by atoms with Crippen molar-refractivity contribution in [1.82, 2.24) is 0 Å². The van der Waals surface area contributed by atoms with E-state index in [-0.39, 0.29) is 6.42 Å². The van der Waals surface area contributed by atoms with Crippen LogP contribution >= 0.6 is 11.6 Å². The van der Waals surface area contributed by atoms with Crippen LogP contribution in [0.4, 0.5) is 4.39 Å². The van der Waals surface area contributed by atoms with E-state index in [1.165, 1.54) is 0 Å². The van der Waals surface area contributed by atoms with Gasteiger partial charge in [-0.05, 0) is 12.0 Å². The van der Waals surface area contributed by atoms with Crippen molar-refractivity contribution >= 4 is 17.6 Å². The van der Waals surface area contributed by atoms with Crippen molar-refractivity contribution in [2.24, 2.45) is 0 Å². The minimum atomic E-state index is -1.32. The minimum absolute atomic E-state index is 0.213. The molecular formula is C12H14ClFO2. The Morgan fingerprint density at radius 1 is 1.44 bits per heavy atom. The van der Waals surface area contributed by atoms with E-state index in [0.717, 1.165) is 0 Å². The molecule has 0 spiro atoms. The predicted octanol–water partition coefficient (Wildman–Crippen LogP) is 3.21. The van der Waals surface area contributed by atoms with Gasteiger partial charge in [-0.25, -0.2) is 4.39 Å². The van der Waals surface area contributed by atoms with Crippen molar-refractivity contribution < 1.29 is 14.3 Å². The molecule has 4 heteroatoms. The second-order valence-corrected chi connectivity index (χ2v) is 4.10. The molecule has 0 aliphatic heterocycles. The highest BCUT2D eigenvalue weighted by Gasteiger charge is 2.33. The van der Waals surface area contributed by atoms with Crippen LogP contribution in [0.1, 0.15) is 24.8 Å². The van der Waals surface area contributed by atoms with E-state index >= 15 is 0 Å². The summed E-state index contributed by atoms with van der Waals surface area (Å²) in [5, 5.41) is 8.05. The number of hydrogen-bond acceptors (Lipinski definition) is 1. The first-order valence-corrected chi connectivity index (χ1v) is 5.57. The standard InChI is InChI=1S/C12H14ClFO2/c1-2-9(14)11(13)10(12(15)16)8-6-4-3-5-7-8/h3-7,9-11H,2H2,1H3,(H,15,16). The summed E-state index contributed by atoms with van der Waals surface area (Å²) in [7, 11) is 0. The molecule has 0 bridgehead atoms. The van der Waals surface area contributed by atoms with Crippen LogP contribution in [0.2, 0.25) is 0 Å². The first kappa shape index (κ1) is 13.0. The molecule has 3 unspecified atom stereocenters. The van der Waals surface area contributed by atoms with Gasteiger partial charge in [0.1, 0.15) is 12.1 Å². The Kier molecular flexibility index (Phi) is 4.74. The lowest BCUT2D eigenvalue weighted by molar-refractivity contribution is -0.139. The molecule has 88 valence electrons. The zero-order valence-electron chi connectivity index (χ0n) is 8.94. The Bertz CT molecular complexity index is 342. The number of rotatable bonds is 5. The fourth-order valence-electron chi connectivity index (χ4n) is 1.56. The largest absolute Gasteiger partial charge is 0.481 e. The Morgan fingerprint density at radius 2 is 2.00 bits per heavy atom. The van der Waals surface area contributed by atoms with Gasteiger partial charge in [0.15, 0.2) is 0 Å². The predicted molar refractivity (Wildman–Crippen MR) is 61.6 cm³/mol. The molecule has 2 nitrogen and oxygen atoms in total. The maximum atomic E-state index is 13.4. The van der Waals surface area contributed by atoms with E-state index in [9.17, 15) is 9.18 Å². The molecule has 0 aliphatic carbocycles. The number of halogens is 2. The number of carboxylic acids is 1. The third-order valence-corrected chi connectivity index (χ3v) is 3.00. The highest BCUT2D eigenvalue weighted by Crippen LogP contribution is 2.29. The fraction of sp³-hybridized carbons (Fsp3) is 0.417. The van der Waals surface area contributed by atoms with Crippen LogP contribution in [0.5, 0.6) is 0 Å². The maximum absolute atomic E-state index is 13.4. The fourth-order valence-corrected chi connectivity index (χ4v) is 1.99. The highest BCUT2D eigenvalue weighted by atomic mass is 35.5. The molecule has 0 saturated heterocycles.